The quantitative estimate of drug-likeness (QED) is 0.589. The highest BCUT2D eigenvalue weighted by Crippen LogP contribution is 2.23. The highest BCUT2D eigenvalue weighted by atomic mass is 35.5. The number of imidazole rings is 1. The van der Waals surface area contributed by atoms with E-state index in [1.165, 1.54) is 6.20 Å². The van der Waals surface area contributed by atoms with Crippen molar-refractivity contribution in [2.45, 2.75) is 18.9 Å². The van der Waals surface area contributed by atoms with Gasteiger partial charge in [-0.2, -0.15) is 0 Å². The Morgan fingerprint density at radius 1 is 1.37 bits per heavy atom. The molecule has 1 aromatic carbocycles. The summed E-state index contributed by atoms with van der Waals surface area (Å²) in [6, 6.07) is 7.42. The van der Waals surface area contributed by atoms with Gasteiger partial charge in [0.05, 0.1) is 11.9 Å². The predicted octanol–water partition coefficient (Wildman–Crippen LogP) is 1.11. The van der Waals surface area contributed by atoms with Crippen LogP contribution in [-0.4, -0.2) is 47.3 Å². The first kappa shape index (κ1) is 17.8. The zero-order valence-corrected chi connectivity index (χ0v) is 15.3. The molecule has 4 rings (SSSR count). The maximum atomic E-state index is 11.9. The SMILES string of the molecule is [B]c1c(-c2ccc(Cl)cc2)nc2c(N[C@@H]3CCCNC3)ncc(C(N)=O)n12. The lowest BCUT2D eigenvalue weighted by Gasteiger charge is -2.24. The van der Waals surface area contributed by atoms with Gasteiger partial charge in [0.2, 0.25) is 0 Å². The standard InChI is InChI=1S/C18H18BClN6O/c19-15-14(10-3-5-11(20)6-4-10)25-18-17(24-12-2-1-7-22-8-12)23-9-13(16(21)27)26(15)18/h3-6,9,12,22H,1-2,7-8H2,(H2,21,27)(H,23,24)/t12-/m1/s1. The minimum atomic E-state index is -0.620. The van der Waals surface area contributed by atoms with Crippen molar-refractivity contribution < 1.29 is 4.79 Å². The van der Waals surface area contributed by atoms with Gasteiger partial charge in [0.25, 0.3) is 5.91 Å². The summed E-state index contributed by atoms with van der Waals surface area (Å²) in [5, 5.41) is 7.38. The average molecular weight is 381 g/mol. The second-order valence-corrected chi connectivity index (χ2v) is 6.99. The summed E-state index contributed by atoms with van der Waals surface area (Å²) >= 11 is 5.97. The first-order chi connectivity index (χ1) is 13.0. The molecule has 1 saturated heterocycles. The van der Waals surface area contributed by atoms with E-state index in [2.05, 4.69) is 20.6 Å². The van der Waals surface area contributed by atoms with E-state index in [9.17, 15) is 4.79 Å². The molecule has 136 valence electrons. The Labute approximate surface area is 162 Å². The summed E-state index contributed by atoms with van der Waals surface area (Å²) in [4.78, 5) is 20.9. The number of piperidine rings is 1. The molecule has 1 atom stereocenters. The third-order valence-corrected chi connectivity index (χ3v) is 4.94. The predicted molar refractivity (Wildman–Crippen MR) is 107 cm³/mol. The fraction of sp³-hybridized carbons (Fsp3) is 0.278. The van der Waals surface area contributed by atoms with Crippen molar-refractivity contribution in [1.29, 1.82) is 0 Å². The average Bonchev–Trinajstić information content (AvgIpc) is 3.01. The van der Waals surface area contributed by atoms with Crippen LogP contribution in [0.3, 0.4) is 0 Å². The van der Waals surface area contributed by atoms with Crippen LogP contribution in [0.25, 0.3) is 16.9 Å². The van der Waals surface area contributed by atoms with E-state index in [-0.39, 0.29) is 11.7 Å². The number of aromatic nitrogens is 3. The maximum absolute atomic E-state index is 11.9. The van der Waals surface area contributed by atoms with Crippen molar-refractivity contribution >= 4 is 42.4 Å². The fourth-order valence-electron chi connectivity index (χ4n) is 3.34. The van der Waals surface area contributed by atoms with Gasteiger partial charge in [-0.05, 0) is 37.1 Å². The molecule has 1 aliphatic rings. The lowest BCUT2D eigenvalue weighted by Crippen LogP contribution is -2.38. The highest BCUT2D eigenvalue weighted by Gasteiger charge is 2.21. The van der Waals surface area contributed by atoms with E-state index < -0.39 is 5.91 Å². The van der Waals surface area contributed by atoms with Gasteiger partial charge in [0.1, 0.15) is 13.5 Å². The Morgan fingerprint density at radius 2 is 2.15 bits per heavy atom. The molecular formula is C18H18BClN6O. The van der Waals surface area contributed by atoms with Gasteiger partial charge in [0.15, 0.2) is 11.5 Å². The first-order valence-corrected chi connectivity index (χ1v) is 9.12. The molecule has 1 amide bonds. The summed E-state index contributed by atoms with van der Waals surface area (Å²) in [5.74, 6) is -0.0502. The Kier molecular flexibility index (Phi) is 4.76. The number of halogens is 1. The minimum absolute atomic E-state index is 0.183. The number of nitrogens with one attached hydrogen (secondary N) is 2. The van der Waals surface area contributed by atoms with Crippen LogP contribution in [0.1, 0.15) is 23.3 Å². The zero-order valence-electron chi connectivity index (χ0n) is 14.6. The van der Waals surface area contributed by atoms with Gasteiger partial charge < -0.3 is 16.4 Å². The Morgan fingerprint density at radius 3 is 2.81 bits per heavy atom. The lowest BCUT2D eigenvalue weighted by atomic mass is 9.97. The molecule has 3 heterocycles. The Hall–Kier alpha value is -2.58. The summed E-state index contributed by atoms with van der Waals surface area (Å²) in [6.07, 6.45) is 3.54. The van der Waals surface area contributed by atoms with Gasteiger partial charge in [-0.1, -0.05) is 23.7 Å². The highest BCUT2D eigenvalue weighted by molar-refractivity contribution is 6.35. The second-order valence-electron chi connectivity index (χ2n) is 6.56. The minimum Gasteiger partial charge on any atom is -0.364 e. The zero-order chi connectivity index (χ0) is 19.0. The summed E-state index contributed by atoms with van der Waals surface area (Å²) < 4.78 is 1.55. The number of benzene rings is 1. The summed E-state index contributed by atoms with van der Waals surface area (Å²) in [5.41, 5.74) is 7.84. The van der Waals surface area contributed by atoms with Gasteiger partial charge in [0, 0.05) is 23.2 Å². The number of anilines is 1. The molecule has 0 aliphatic carbocycles. The smallest absolute Gasteiger partial charge is 0.267 e. The summed E-state index contributed by atoms with van der Waals surface area (Å²) in [6.45, 7) is 1.85. The van der Waals surface area contributed by atoms with E-state index in [1.54, 1.807) is 16.5 Å². The molecule has 0 saturated carbocycles. The molecule has 9 heteroatoms. The largest absolute Gasteiger partial charge is 0.364 e. The number of hydrogen-bond acceptors (Lipinski definition) is 5. The monoisotopic (exact) mass is 380 g/mol. The number of nitrogens with zero attached hydrogens (tertiary/aromatic N) is 3. The Bertz CT molecular complexity index is 997. The van der Waals surface area contributed by atoms with E-state index >= 15 is 0 Å². The fourth-order valence-corrected chi connectivity index (χ4v) is 3.47. The van der Waals surface area contributed by atoms with Crippen LogP contribution in [0.4, 0.5) is 5.82 Å². The Balaban J connectivity index is 1.85. The number of hydrogen-bond donors (Lipinski definition) is 3. The number of primary amides is 1. The normalized spacial score (nSPS) is 17.1. The van der Waals surface area contributed by atoms with E-state index in [1.807, 2.05) is 12.1 Å². The molecule has 7 nitrogen and oxygen atoms in total. The van der Waals surface area contributed by atoms with Gasteiger partial charge in [-0.25, -0.2) is 9.97 Å². The van der Waals surface area contributed by atoms with Gasteiger partial charge in [-0.3, -0.25) is 9.20 Å². The molecule has 27 heavy (non-hydrogen) atoms. The van der Waals surface area contributed by atoms with Crippen LogP contribution in [0.5, 0.6) is 0 Å². The van der Waals surface area contributed by atoms with Crippen LogP contribution in [-0.2, 0) is 0 Å². The van der Waals surface area contributed by atoms with Crippen molar-refractivity contribution in [3.05, 3.63) is 41.2 Å². The summed E-state index contributed by atoms with van der Waals surface area (Å²) in [7, 11) is 6.34. The number of carbonyl (C=O) groups excluding carboxylic acids is 1. The molecular weight excluding hydrogens is 363 g/mol. The van der Waals surface area contributed by atoms with Crippen molar-refractivity contribution in [3.8, 4) is 11.3 Å². The van der Waals surface area contributed by atoms with Crippen LogP contribution >= 0.6 is 11.6 Å². The van der Waals surface area contributed by atoms with Gasteiger partial charge >= 0.3 is 0 Å². The van der Waals surface area contributed by atoms with Crippen molar-refractivity contribution in [3.63, 3.8) is 0 Å². The van der Waals surface area contributed by atoms with Crippen LogP contribution in [0.2, 0.25) is 5.02 Å². The topological polar surface area (TPSA) is 97.3 Å². The van der Waals surface area contributed by atoms with E-state index in [0.717, 1.165) is 31.5 Å². The van der Waals surface area contributed by atoms with Crippen LogP contribution < -0.4 is 22.0 Å². The number of carbonyl (C=O) groups is 1. The molecule has 0 bridgehead atoms. The molecule has 3 aromatic rings. The van der Waals surface area contributed by atoms with Crippen molar-refractivity contribution in [1.82, 2.24) is 19.7 Å². The van der Waals surface area contributed by atoms with Crippen LogP contribution in [0, 0.1) is 0 Å². The van der Waals surface area contributed by atoms with Crippen molar-refractivity contribution in [2.75, 3.05) is 18.4 Å². The number of amides is 1. The molecule has 4 N–H and O–H groups in total. The lowest BCUT2D eigenvalue weighted by molar-refractivity contribution is 0.0994. The molecule has 1 aliphatic heterocycles. The van der Waals surface area contributed by atoms with E-state index in [0.29, 0.717) is 27.8 Å². The second kappa shape index (κ2) is 7.21. The first-order valence-electron chi connectivity index (χ1n) is 8.74. The van der Waals surface area contributed by atoms with E-state index in [4.69, 9.17) is 25.2 Å². The number of rotatable bonds is 4. The van der Waals surface area contributed by atoms with Crippen molar-refractivity contribution in [2.24, 2.45) is 5.73 Å². The molecule has 2 radical (unpaired) electrons. The third kappa shape index (κ3) is 3.38. The third-order valence-electron chi connectivity index (χ3n) is 4.69. The molecule has 1 fully saturated rings. The number of fused-ring (bicyclic) bond motifs is 1. The van der Waals surface area contributed by atoms with Crippen LogP contribution in [0.15, 0.2) is 30.5 Å². The number of nitrogens with two attached hydrogens (primary N) is 1. The molecule has 2 aromatic heterocycles. The maximum Gasteiger partial charge on any atom is 0.267 e. The molecule has 0 unspecified atom stereocenters. The van der Waals surface area contributed by atoms with Gasteiger partial charge in [-0.15, -0.1) is 0 Å². The molecule has 0 spiro atoms.